The molecule has 1 saturated carbocycles. The molecule has 0 aromatic heterocycles. The van der Waals surface area contributed by atoms with Crippen molar-refractivity contribution in [2.75, 3.05) is 5.32 Å². The highest BCUT2D eigenvalue weighted by Gasteiger charge is 2.26. The quantitative estimate of drug-likeness (QED) is 0.755. The fraction of sp³-hybridized carbons (Fsp3) is 0.429. The van der Waals surface area contributed by atoms with Gasteiger partial charge in [-0.05, 0) is 44.4 Å². The summed E-state index contributed by atoms with van der Waals surface area (Å²) in [7, 11) is 0. The Hall–Kier alpha value is -2.04. The SMILES string of the molecule is Cc1ccc(C(=O)O)c(NC(C)C(=O)NC2CC2)c1. The van der Waals surface area contributed by atoms with Crippen LogP contribution in [0.4, 0.5) is 5.69 Å². The van der Waals surface area contributed by atoms with E-state index in [1.807, 2.05) is 6.92 Å². The summed E-state index contributed by atoms with van der Waals surface area (Å²) in [4.78, 5) is 23.0. The molecule has 102 valence electrons. The van der Waals surface area contributed by atoms with Gasteiger partial charge in [0.1, 0.15) is 6.04 Å². The van der Waals surface area contributed by atoms with E-state index in [1.165, 1.54) is 0 Å². The van der Waals surface area contributed by atoms with Crippen LogP contribution in [0.15, 0.2) is 18.2 Å². The minimum atomic E-state index is -1.00. The number of carboxylic acids is 1. The van der Waals surface area contributed by atoms with E-state index in [0.29, 0.717) is 11.7 Å². The van der Waals surface area contributed by atoms with Gasteiger partial charge in [-0.15, -0.1) is 0 Å². The van der Waals surface area contributed by atoms with Gasteiger partial charge >= 0.3 is 5.97 Å². The van der Waals surface area contributed by atoms with Gasteiger partial charge in [0.25, 0.3) is 0 Å². The van der Waals surface area contributed by atoms with Crippen molar-refractivity contribution in [1.29, 1.82) is 0 Å². The van der Waals surface area contributed by atoms with Crippen molar-refractivity contribution in [2.45, 2.75) is 38.8 Å². The highest BCUT2D eigenvalue weighted by molar-refractivity contribution is 5.95. The molecule has 0 saturated heterocycles. The molecule has 1 atom stereocenters. The largest absolute Gasteiger partial charge is 0.478 e. The van der Waals surface area contributed by atoms with E-state index < -0.39 is 12.0 Å². The molecule has 1 aliphatic carbocycles. The molecule has 0 spiro atoms. The highest BCUT2D eigenvalue weighted by atomic mass is 16.4. The number of carbonyl (C=O) groups is 2. The first kappa shape index (κ1) is 13.4. The summed E-state index contributed by atoms with van der Waals surface area (Å²) in [5.41, 5.74) is 1.60. The maximum atomic E-state index is 11.8. The number of anilines is 1. The van der Waals surface area contributed by atoms with Gasteiger partial charge < -0.3 is 15.7 Å². The second-order valence-electron chi connectivity index (χ2n) is 5.00. The second-order valence-corrected chi connectivity index (χ2v) is 5.00. The number of aryl methyl sites for hydroxylation is 1. The first-order chi connectivity index (χ1) is 8.97. The van der Waals surface area contributed by atoms with Gasteiger partial charge in [-0.1, -0.05) is 6.07 Å². The van der Waals surface area contributed by atoms with Gasteiger partial charge in [0.05, 0.1) is 5.56 Å². The van der Waals surface area contributed by atoms with E-state index >= 15 is 0 Å². The number of benzene rings is 1. The zero-order chi connectivity index (χ0) is 14.0. The van der Waals surface area contributed by atoms with Crippen LogP contribution in [-0.2, 0) is 4.79 Å². The fourth-order valence-corrected chi connectivity index (χ4v) is 1.82. The van der Waals surface area contributed by atoms with E-state index in [9.17, 15) is 9.59 Å². The number of carboxylic acid groups (broad SMARTS) is 1. The number of nitrogens with one attached hydrogen (secondary N) is 2. The van der Waals surface area contributed by atoms with Crippen LogP contribution in [0.5, 0.6) is 0 Å². The van der Waals surface area contributed by atoms with Crippen molar-refractivity contribution >= 4 is 17.6 Å². The van der Waals surface area contributed by atoms with Crippen molar-refractivity contribution in [1.82, 2.24) is 5.32 Å². The number of rotatable bonds is 5. The maximum Gasteiger partial charge on any atom is 0.337 e. The van der Waals surface area contributed by atoms with Crippen molar-refractivity contribution in [2.24, 2.45) is 0 Å². The molecule has 0 radical (unpaired) electrons. The highest BCUT2D eigenvalue weighted by Crippen LogP contribution is 2.21. The van der Waals surface area contributed by atoms with Gasteiger partial charge in [-0.3, -0.25) is 4.79 Å². The van der Waals surface area contributed by atoms with E-state index in [4.69, 9.17) is 5.11 Å². The monoisotopic (exact) mass is 262 g/mol. The molecule has 1 fully saturated rings. The standard InChI is InChI=1S/C14H18N2O3/c1-8-3-6-11(14(18)19)12(7-8)15-9(2)13(17)16-10-4-5-10/h3,6-7,9-10,15H,4-5H2,1-2H3,(H,16,17)(H,18,19). The Balaban J connectivity index is 2.10. The average Bonchev–Trinajstić information content (AvgIpc) is 3.12. The predicted molar refractivity (Wildman–Crippen MR) is 72.4 cm³/mol. The van der Waals surface area contributed by atoms with E-state index in [-0.39, 0.29) is 11.5 Å². The Bertz CT molecular complexity index is 509. The normalized spacial score (nSPS) is 15.7. The molecular formula is C14H18N2O3. The first-order valence-corrected chi connectivity index (χ1v) is 6.38. The molecular weight excluding hydrogens is 244 g/mol. The third-order valence-corrected chi connectivity index (χ3v) is 3.09. The lowest BCUT2D eigenvalue weighted by Crippen LogP contribution is -2.39. The summed E-state index contributed by atoms with van der Waals surface area (Å²) in [6, 6.07) is 4.87. The van der Waals surface area contributed by atoms with Crippen LogP contribution in [0, 0.1) is 6.92 Å². The fourth-order valence-electron chi connectivity index (χ4n) is 1.82. The number of hydrogen-bond acceptors (Lipinski definition) is 3. The molecule has 0 bridgehead atoms. The first-order valence-electron chi connectivity index (χ1n) is 6.38. The van der Waals surface area contributed by atoms with E-state index in [2.05, 4.69) is 10.6 Å². The van der Waals surface area contributed by atoms with Crippen LogP contribution < -0.4 is 10.6 Å². The molecule has 0 aliphatic heterocycles. The average molecular weight is 262 g/mol. The van der Waals surface area contributed by atoms with E-state index in [0.717, 1.165) is 18.4 Å². The topological polar surface area (TPSA) is 78.4 Å². The van der Waals surface area contributed by atoms with Gasteiger partial charge in [0, 0.05) is 11.7 Å². The van der Waals surface area contributed by atoms with Gasteiger partial charge in [-0.2, -0.15) is 0 Å². The van der Waals surface area contributed by atoms with Crippen LogP contribution in [-0.4, -0.2) is 29.1 Å². The molecule has 1 aromatic rings. The van der Waals surface area contributed by atoms with Crippen LogP contribution in [0.25, 0.3) is 0 Å². The van der Waals surface area contributed by atoms with Gasteiger partial charge in [0.15, 0.2) is 0 Å². The lowest BCUT2D eigenvalue weighted by atomic mass is 10.1. The minimum absolute atomic E-state index is 0.0969. The Morgan fingerprint density at radius 2 is 2.05 bits per heavy atom. The third kappa shape index (κ3) is 3.47. The Kier molecular flexibility index (Phi) is 3.74. The Morgan fingerprint density at radius 3 is 2.63 bits per heavy atom. The molecule has 1 amide bonds. The summed E-state index contributed by atoms with van der Waals surface area (Å²) in [6.45, 7) is 3.61. The molecule has 0 heterocycles. The van der Waals surface area contributed by atoms with Gasteiger partial charge in [-0.25, -0.2) is 4.79 Å². The van der Waals surface area contributed by atoms with Crippen molar-refractivity contribution in [3.63, 3.8) is 0 Å². The van der Waals surface area contributed by atoms with Gasteiger partial charge in [0.2, 0.25) is 5.91 Å². The third-order valence-electron chi connectivity index (χ3n) is 3.09. The summed E-state index contributed by atoms with van der Waals surface area (Å²) >= 11 is 0. The van der Waals surface area contributed by atoms with Crippen LogP contribution in [0.1, 0.15) is 35.7 Å². The summed E-state index contributed by atoms with van der Waals surface area (Å²) in [6.07, 6.45) is 2.06. The molecule has 1 aromatic carbocycles. The molecule has 5 heteroatoms. The number of carbonyl (C=O) groups excluding carboxylic acids is 1. The summed E-state index contributed by atoms with van der Waals surface area (Å²) < 4.78 is 0. The summed E-state index contributed by atoms with van der Waals surface area (Å²) in [5.74, 6) is -1.10. The smallest absolute Gasteiger partial charge is 0.337 e. The molecule has 2 rings (SSSR count). The Labute approximate surface area is 112 Å². The minimum Gasteiger partial charge on any atom is -0.478 e. The lowest BCUT2D eigenvalue weighted by molar-refractivity contribution is -0.121. The van der Waals surface area contributed by atoms with Crippen molar-refractivity contribution < 1.29 is 14.7 Å². The zero-order valence-electron chi connectivity index (χ0n) is 11.1. The van der Waals surface area contributed by atoms with Crippen LogP contribution in [0.2, 0.25) is 0 Å². The van der Waals surface area contributed by atoms with Crippen molar-refractivity contribution in [3.8, 4) is 0 Å². The van der Waals surface area contributed by atoms with Crippen LogP contribution in [0.3, 0.4) is 0 Å². The van der Waals surface area contributed by atoms with E-state index in [1.54, 1.807) is 25.1 Å². The van der Waals surface area contributed by atoms with Crippen LogP contribution >= 0.6 is 0 Å². The van der Waals surface area contributed by atoms with Crippen molar-refractivity contribution in [3.05, 3.63) is 29.3 Å². The molecule has 3 N–H and O–H groups in total. The number of amides is 1. The molecule has 19 heavy (non-hydrogen) atoms. The zero-order valence-corrected chi connectivity index (χ0v) is 11.1. The second kappa shape index (κ2) is 5.30. The summed E-state index contributed by atoms with van der Waals surface area (Å²) in [5, 5.41) is 15.0. The number of hydrogen-bond donors (Lipinski definition) is 3. The number of aromatic carboxylic acids is 1. The lowest BCUT2D eigenvalue weighted by Gasteiger charge is -2.17. The molecule has 5 nitrogen and oxygen atoms in total. The molecule has 1 unspecified atom stereocenters. The Morgan fingerprint density at radius 1 is 1.37 bits per heavy atom. The maximum absolute atomic E-state index is 11.8. The predicted octanol–water partition coefficient (Wildman–Crippen LogP) is 1.77. The molecule has 1 aliphatic rings.